The Labute approximate surface area is 187 Å². The summed E-state index contributed by atoms with van der Waals surface area (Å²) in [5.41, 5.74) is 5.18. The summed E-state index contributed by atoms with van der Waals surface area (Å²) in [5.74, 6) is 0.542. The molecule has 3 nitrogen and oxygen atoms in total. The van der Waals surface area contributed by atoms with Crippen LogP contribution in [0, 0.1) is 5.82 Å². The van der Waals surface area contributed by atoms with E-state index in [1.807, 2.05) is 6.92 Å². The predicted molar refractivity (Wildman–Crippen MR) is 129 cm³/mol. The van der Waals surface area contributed by atoms with Crippen LogP contribution in [0.25, 0.3) is 0 Å². The molecule has 0 amide bonds. The molecule has 0 bridgehead atoms. The van der Waals surface area contributed by atoms with E-state index >= 15 is 0 Å². The van der Waals surface area contributed by atoms with Gasteiger partial charge >= 0.3 is 0 Å². The molecule has 168 valence electrons. The summed E-state index contributed by atoms with van der Waals surface area (Å²) < 4.78 is 12.5. The third kappa shape index (κ3) is 5.11. The van der Waals surface area contributed by atoms with Crippen molar-refractivity contribution < 1.29 is 9.18 Å². The van der Waals surface area contributed by atoms with Crippen molar-refractivity contribution in [3.63, 3.8) is 0 Å². The Kier molecular flexibility index (Phi) is 8.11. The number of ketones is 1. The number of nitrogens with zero attached hydrogens (tertiary/aromatic N) is 2. The summed E-state index contributed by atoms with van der Waals surface area (Å²) in [7, 11) is 2.22. The highest BCUT2D eigenvalue weighted by Gasteiger charge is 2.40. The molecule has 31 heavy (non-hydrogen) atoms. The van der Waals surface area contributed by atoms with E-state index < -0.39 is 0 Å². The van der Waals surface area contributed by atoms with Crippen molar-refractivity contribution in [2.24, 2.45) is 0 Å². The van der Waals surface area contributed by atoms with Crippen LogP contribution in [0.1, 0.15) is 81.1 Å². The number of anilines is 2. The van der Waals surface area contributed by atoms with Gasteiger partial charge in [0.2, 0.25) is 0 Å². The van der Waals surface area contributed by atoms with Gasteiger partial charge in [0, 0.05) is 44.1 Å². The van der Waals surface area contributed by atoms with Crippen LogP contribution < -0.4 is 9.80 Å². The summed E-state index contributed by atoms with van der Waals surface area (Å²) in [6, 6.07) is 13.3. The molecule has 4 rings (SSSR count). The van der Waals surface area contributed by atoms with E-state index in [-0.39, 0.29) is 11.6 Å². The third-order valence-corrected chi connectivity index (χ3v) is 6.63. The molecule has 0 radical (unpaired) electrons. The zero-order valence-corrected chi connectivity index (χ0v) is 19.5. The number of rotatable bonds is 7. The Morgan fingerprint density at radius 3 is 2.42 bits per heavy atom. The van der Waals surface area contributed by atoms with Crippen molar-refractivity contribution in [2.45, 2.75) is 71.3 Å². The molecule has 2 aliphatic rings. The Morgan fingerprint density at radius 2 is 1.77 bits per heavy atom. The minimum atomic E-state index is -0.299. The van der Waals surface area contributed by atoms with Gasteiger partial charge in [-0.3, -0.25) is 4.79 Å². The van der Waals surface area contributed by atoms with E-state index in [2.05, 4.69) is 48.9 Å². The second-order valence-electron chi connectivity index (χ2n) is 8.73. The van der Waals surface area contributed by atoms with Crippen LogP contribution in [-0.2, 0) is 0 Å². The van der Waals surface area contributed by atoms with Gasteiger partial charge in [-0.1, -0.05) is 45.7 Å². The first-order valence-electron chi connectivity index (χ1n) is 11.9. The smallest absolute Gasteiger partial charge is 0.162 e. The third-order valence-electron chi connectivity index (χ3n) is 6.63. The number of hydrogen-bond acceptors (Lipinski definition) is 3. The van der Waals surface area contributed by atoms with Gasteiger partial charge in [-0.2, -0.15) is 0 Å². The maximum atomic E-state index is 12.5. The lowest BCUT2D eigenvalue weighted by Crippen LogP contribution is -2.43. The highest BCUT2D eigenvalue weighted by molar-refractivity contribution is 5.95. The summed E-state index contributed by atoms with van der Waals surface area (Å²) >= 11 is 0. The number of benzene rings is 2. The summed E-state index contributed by atoms with van der Waals surface area (Å²) in [4.78, 5) is 16.5. The number of hydrogen-bond donors (Lipinski definition) is 0. The zero-order valence-electron chi connectivity index (χ0n) is 19.5. The van der Waals surface area contributed by atoms with Crippen LogP contribution in [-0.4, -0.2) is 32.0 Å². The van der Waals surface area contributed by atoms with Crippen molar-refractivity contribution in [3.8, 4) is 0 Å². The average Bonchev–Trinajstić information content (AvgIpc) is 3.09. The maximum absolute atomic E-state index is 12.5. The van der Waals surface area contributed by atoms with Crippen molar-refractivity contribution in [3.05, 3.63) is 59.4 Å². The molecule has 0 aliphatic carbocycles. The van der Waals surface area contributed by atoms with Crippen LogP contribution in [0.3, 0.4) is 0 Å². The first-order valence-corrected chi connectivity index (χ1v) is 11.9. The van der Waals surface area contributed by atoms with Crippen LogP contribution >= 0.6 is 0 Å². The van der Waals surface area contributed by atoms with Crippen molar-refractivity contribution >= 4 is 17.2 Å². The van der Waals surface area contributed by atoms with Gasteiger partial charge in [0.25, 0.3) is 0 Å². The van der Waals surface area contributed by atoms with Crippen LogP contribution in [0.15, 0.2) is 42.5 Å². The largest absolute Gasteiger partial charge is 0.371 e. The van der Waals surface area contributed by atoms with Gasteiger partial charge in [0.05, 0.1) is 11.4 Å². The minimum absolute atomic E-state index is 0.0989. The average molecular weight is 425 g/mol. The van der Waals surface area contributed by atoms with Gasteiger partial charge in [-0.15, -0.1) is 0 Å². The number of unbranched alkanes of at least 4 members (excludes halogenated alkanes) is 1. The molecule has 0 saturated heterocycles. The monoisotopic (exact) mass is 424 g/mol. The van der Waals surface area contributed by atoms with E-state index in [1.54, 1.807) is 5.56 Å². The lowest BCUT2D eigenvalue weighted by Gasteiger charge is -2.38. The molecular weight excluding hydrogens is 387 g/mol. The molecule has 4 heteroatoms. The fraction of sp³-hybridized carbons (Fsp3) is 0.519. The second kappa shape index (κ2) is 10.8. The summed E-state index contributed by atoms with van der Waals surface area (Å²) in [6.45, 7) is 9.05. The Morgan fingerprint density at radius 1 is 1.03 bits per heavy atom. The lowest BCUT2D eigenvalue weighted by atomic mass is 9.90. The number of halogens is 1. The van der Waals surface area contributed by atoms with Gasteiger partial charge in [-0.05, 0) is 55.2 Å². The predicted octanol–water partition coefficient (Wildman–Crippen LogP) is 6.82. The molecule has 2 heterocycles. The van der Waals surface area contributed by atoms with E-state index in [0.717, 1.165) is 31.3 Å². The lowest BCUT2D eigenvalue weighted by molar-refractivity contribution is 0.0979. The highest BCUT2D eigenvalue weighted by Crippen LogP contribution is 2.50. The van der Waals surface area contributed by atoms with Gasteiger partial charge < -0.3 is 9.80 Å². The molecule has 0 spiro atoms. The van der Waals surface area contributed by atoms with Gasteiger partial charge in [0.1, 0.15) is 5.82 Å². The van der Waals surface area contributed by atoms with E-state index in [9.17, 15) is 9.18 Å². The van der Waals surface area contributed by atoms with E-state index in [1.165, 1.54) is 61.4 Å². The molecule has 0 saturated carbocycles. The highest BCUT2D eigenvalue weighted by atomic mass is 19.1. The zero-order chi connectivity index (χ0) is 22.4. The Hall–Kier alpha value is -2.36. The number of para-hydroxylation sites is 1. The first-order chi connectivity index (χ1) is 15.0. The summed E-state index contributed by atoms with van der Waals surface area (Å²) in [5, 5.41) is 0. The SMILES string of the molecule is CCCC1C(CC)c2cccc3c2N1CCN3C.CCCCC(=O)c1ccc(F)cc1. The van der Waals surface area contributed by atoms with E-state index in [4.69, 9.17) is 0 Å². The number of Topliss-reactive ketones (excluding diaryl/α,β-unsaturated/α-hetero) is 1. The van der Waals surface area contributed by atoms with Crippen molar-refractivity contribution in [1.82, 2.24) is 0 Å². The molecular formula is C27H37FN2O. The topological polar surface area (TPSA) is 23.6 Å². The van der Waals surface area contributed by atoms with Crippen LogP contribution in [0.2, 0.25) is 0 Å². The quantitative estimate of drug-likeness (QED) is 0.456. The number of carbonyl (C=O) groups excluding carboxylic acids is 1. The molecule has 2 aromatic rings. The fourth-order valence-electron chi connectivity index (χ4n) is 4.98. The molecule has 2 unspecified atom stereocenters. The van der Waals surface area contributed by atoms with Crippen molar-refractivity contribution in [1.29, 1.82) is 0 Å². The van der Waals surface area contributed by atoms with E-state index in [0.29, 0.717) is 12.0 Å². The first kappa shape index (κ1) is 23.3. The fourth-order valence-corrected chi connectivity index (χ4v) is 4.98. The number of carbonyl (C=O) groups is 1. The molecule has 0 fully saturated rings. The number of likely N-dealkylation sites (N-methyl/N-ethyl adjacent to an activating group) is 1. The normalized spacial score (nSPS) is 19.0. The van der Waals surface area contributed by atoms with Gasteiger partial charge in [0.15, 0.2) is 5.78 Å². The molecule has 2 atom stereocenters. The second-order valence-corrected chi connectivity index (χ2v) is 8.73. The van der Waals surface area contributed by atoms with Crippen LogP contribution in [0.4, 0.5) is 15.8 Å². The van der Waals surface area contributed by atoms with Crippen molar-refractivity contribution in [2.75, 3.05) is 29.9 Å². The summed E-state index contributed by atoms with van der Waals surface area (Å²) in [6.07, 6.45) is 6.35. The Balaban J connectivity index is 0.000000187. The Bertz CT molecular complexity index is 864. The van der Waals surface area contributed by atoms with Crippen LogP contribution in [0.5, 0.6) is 0 Å². The van der Waals surface area contributed by atoms with Gasteiger partial charge in [-0.25, -0.2) is 4.39 Å². The standard InChI is InChI=1S/C16H24N2.C11H13FO/c1-4-7-14-12(5-2)13-8-6-9-15-16(13)18(14)11-10-17(15)3;1-2-3-4-11(13)9-5-7-10(12)8-6-9/h6,8-9,12,14H,4-5,7,10-11H2,1-3H3;5-8H,2-4H2,1H3. The minimum Gasteiger partial charge on any atom is -0.371 e. The maximum Gasteiger partial charge on any atom is 0.162 e. The molecule has 2 aromatic carbocycles. The molecule has 0 N–H and O–H groups in total. The molecule has 0 aromatic heterocycles. The molecule has 2 aliphatic heterocycles.